The van der Waals surface area contributed by atoms with Gasteiger partial charge in [-0.05, 0) is 37.7 Å². The summed E-state index contributed by atoms with van der Waals surface area (Å²) in [6, 6.07) is 3.45. The Morgan fingerprint density at radius 1 is 1.16 bits per heavy atom. The van der Waals surface area contributed by atoms with Gasteiger partial charge in [-0.25, -0.2) is 0 Å². The van der Waals surface area contributed by atoms with Gasteiger partial charge in [0.2, 0.25) is 5.91 Å². The Balaban J connectivity index is 1.33. The zero-order valence-electron chi connectivity index (χ0n) is 15.0. The van der Waals surface area contributed by atoms with Crippen LogP contribution in [0.3, 0.4) is 0 Å². The number of pyridine rings is 1. The number of hydrogen-bond donors (Lipinski definition) is 0. The molecule has 0 N–H and O–H groups in total. The second kappa shape index (κ2) is 6.36. The van der Waals surface area contributed by atoms with E-state index in [1.807, 2.05) is 17.9 Å². The van der Waals surface area contributed by atoms with Crippen LogP contribution in [0.5, 0.6) is 5.75 Å². The number of carbonyl (C=O) groups is 1. The molecule has 0 spiro atoms. The lowest BCUT2D eigenvalue weighted by molar-refractivity contribution is -0.138. The van der Waals surface area contributed by atoms with E-state index in [1.165, 1.54) is 0 Å². The molecule has 4 rings (SSSR count). The van der Waals surface area contributed by atoms with Gasteiger partial charge >= 0.3 is 0 Å². The van der Waals surface area contributed by atoms with Crippen LogP contribution in [0.15, 0.2) is 29.1 Å². The zero-order valence-corrected chi connectivity index (χ0v) is 15.0. The molecule has 1 aromatic rings. The first-order chi connectivity index (χ1) is 12.0. The van der Waals surface area contributed by atoms with Gasteiger partial charge in [0.15, 0.2) is 0 Å². The first-order valence-corrected chi connectivity index (χ1v) is 9.32. The van der Waals surface area contributed by atoms with Crippen molar-refractivity contribution in [3.8, 4) is 5.75 Å². The molecule has 1 amide bonds. The summed E-state index contributed by atoms with van der Waals surface area (Å²) >= 11 is 0. The average molecular weight is 342 g/mol. The Labute approximate surface area is 148 Å². The normalized spacial score (nSPS) is 28.6. The van der Waals surface area contributed by atoms with E-state index in [2.05, 4.69) is 12.2 Å². The maximum absolute atomic E-state index is 12.8. The van der Waals surface area contributed by atoms with Crippen molar-refractivity contribution in [3.63, 3.8) is 0 Å². The molecule has 25 heavy (non-hydrogen) atoms. The number of likely N-dealkylation sites (tertiary alicyclic amines) is 1. The van der Waals surface area contributed by atoms with E-state index in [4.69, 9.17) is 4.74 Å². The topological polar surface area (TPSA) is 51.5 Å². The van der Waals surface area contributed by atoms with Crippen molar-refractivity contribution in [2.75, 3.05) is 13.1 Å². The minimum Gasteiger partial charge on any atom is -0.490 e. The number of rotatable bonds is 3. The fraction of sp³-hybridized carbons (Fsp3) is 0.600. The minimum atomic E-state index is -0.0491. The monoisotopic (exact) mass is 342 g/mol. The Morgan fingerprint density at radius 2 is 1.92 bits per heavy atom. The second-order valence-corrected chi connectivity index (χ2v) is 7.76. The summed E-state index contributed by atoms with van der Waals surface area (Å²) in [5.74, 6) is 2.27. The van der Waals surface area contributed by atoms with Gasteiger partial charge in [0.1, 0.15) is 11.9 Å². The van der Waals surface area contributed by atoms with Crippen molar-refractivity contribution in [3.05, 3.63) is 40.3 Å². The third-order valence-electron chi connectivity index (χ3n) is 6.13. The molecule has 2 aliphatic carbocycles. The smallest absolute Gasteiger partial charge is 0.254 e. The second-order valence-electron chi connectivity index (χ2n) is 7.76. The summed E-state index contributed by atoms with van der Waals surface area (Å²) in [6.45, 7) is 3.41. The largest absolute Gasteiger partial charge is 0.490 e. The molecule has 1 aliphatic heterocycles. The number of hydrogen-bond acceptors (Lipinski definition) is 3. The number of allylic oxidation sites excluding steroid dienone is 2. The maximum Gasteiger partial charge on any atom is 0.254 e. The van der Waals surface area contributed by atoms with Crippen molar-refractivity contribution < 1.29 is 9.53 Å². The van der Waals surface area contributed by atoms with Crippen molar-refractivity contribution in [1.82, 2.24) is 9.47 Å². The highest BCUT2D eigenvalue weighted by Crippen LogP contribution is 2.44. The summed E-state index contributed by atoms with van der Waals surface area (Å²) in [6.07, 6.45) is 8.45. The van der Waals surface area contributed by atoms with E-state index in [-0.39, 0.29) is 17.6 Å². The van der Waals surface area contributed by atoms with E-state index in [0.29, 0.717) is 23.5 Å². The Morgan fingerprint density at radius 3 is 2.52 bits per heavy atom. The molecule has 1 saturated carbocycles. The quantitative estimate of drug-likeness (QED) is 0.792. The van der Waals surface area contributed by atoms with E-state index < -0.39 is 0 Å². The Bertz CT molecular complexity index is 759. The molecule has 3 aliphatic rings. The van der Waals surface area contributed by atoms with Gasteiger partial charge in [0.25, 0.3) is 5.56 Å². The Kier molecular flexibility index (Phi) is 4.18. The van der Waals surface area contributed by atoms with Crippen LogP contribution in [0.4, 0.5) is 0 Å². The zero-order chi connectivity index (χ0) is 17.6. The van der Waals surface area contributed by atoms with Crippen LogP contribution in [0.2, 0.25) is 0 Å². The van der Waals surface area contributed by atoms with Gasteiger partial charge in [-0.15, -0.1) is 0 Å². The van der Waals surface area contributed by atoms with Gasteiger partial charge in [0.05, 0.1) is 0 Å². The molecule has 3 atom stereocenters. The summed E-state index contributed by atoms with van der Waals surface area (Å²) < 4.78 is 7.62. The third kappa shape index (κ3) is 3.12. The van der Waals surface area contributed by atoms with Crippen LogP contribution in [0.1, 0.15) is 31.4 Å². The molecule has 2 fully saturated rings. The van der Waals surface area contributed by atoms with Gasteiger partial charge in [-0.1, -0.05) is 12.2 Å². The van der Waals surface area contributed by atoms with Crippen molar-refractivity contribution in [1.29, 1.82) is 0 Å². The SMILES string of the molecule is Cc1cc(OC2CCN(C(=O)C3CC4C=CC3C4)CC2)cc(=O)n1C. The van der Waals surface area contributed by atoms with Crippen LogP contribution in [0.25, 0.3) is 0 Å². The molecule has 2 bridgehead atoms. The molecule has 1 saturated heterocycles. The van der Waals surface area contributed by atoms with E-state index in [9.17, 15) is 9.59 Å². The van der Waals surface area contributed by atoms with Gasteiger partial charge in [-0.3, -0.25) is 9.59 Å². The fourth-order valence-electron chi connectivity index (χ4n) is 4.49. The number of fused-ring (bicyclic) bond motifs is 2. The number of aryl methyl sites for hydroxylation is 1. The third-order valence-corrected chi connectivity index (χ3v) is 6.13. The molecule has 0 radical (unpaired) electrons. The molecule has 5 heteroatoms. The highest BCUT2D eigenvalue weighted by molar-refractivity contribution is 5.80. The predicted molar refractivity (Wildman–Crippen MR) is 95.5 cm³/mol. The first kappa shape index (κ1) is 16.4. The number of aromatic nitrogens is 1. The fourth-order valence-corrected chi connectivity index (χ4v) is 4.49. The first-order valence-electron chi connectivity index (χ1n) is 9.32. The molecule has 134 valence electrons. The summed E-state index contributed by atoms with van der Waals surface area (Å²) in [7, 11) is 1.76. The maximum atomic E-state index is 12.8. The summed E-state index contributed by atoms with van der Waals surface area (Å²) in [5.41, 5.74) is 0.839. The van der Waals surface area contributed by atoms with Gasteiger partial charge in [-0.2, -0.15) is 0 Å². The molecule has 1 aromatic heterocycles. The Hall–Kier alpha value is -2.04. The van der Waals surface area contributed by atoms with Crippen LogP contribution >= 0.6 is 0 Å². The van der Waals surface area contributed by atoms with Gasteiger partial charge in [0, 0.05) is 50.7 Å². The van der Waals surface area contributed by atoms with Crippen LogP contribution in [-0.2, 0) is 11.8 Å². The van der Waals surface area contributed by atoms with E-state index in [1.54, 1.807) is 17.7 Å². The standard InChI is InChI=1S/C20H26N2O3/c1-13-9-17(12-19(23)21(13)2)25-16-5-7-22(8-6-16)20(24)18-11-14-3-4-15(18)10-14/h3-4,9,12,14-16,18H,5-8,10-11H2,1-2H3. The van der Waals surface area contributed by atoms with E-state index >= 15 is 0 Å². The lowest BCUT2D eigenvalue weighted by Gasteiger charge is -2.34. The predicted octanol–water partition coefficient (Wildman–Crippen LogP) is 2.28. The summed E-state index contributed by atoms with van der Waals surface area (Å²) in [4.78, 5) is 26.7. The van der Waals surface area contributed by atoms with Crippen molar-refractivity contribution in [2.24, 2.45) is 24.8 Å². The minimum absolute atomic E-state index is 0.0491. The molecular formula is C20H26N2O3. The van der Waals surface area contributed by atoms with Gasteiger partial charge < -0.3 is 14.2 Å². The average Bonchev–Trinajstić information content (AvgIpc) is 3.23. The number of nitrogens with zero attached hydrogens (tertiary/aromatic N) is 2. The molecule has 3 unspecified atom stereocenters. The summed E-state index contributed by atoms with van der Waals surface area (Å²) in [5, 5.41) is 0. The molecule has 5 nitrogen and oxygen atoms in total. The van der Waals surface area contributed by atoms with E-state index in [0.717, 1.165) is 44.5 Å². The van der Waals surface area contributed by atoms with Crippen molar-refractivity contribution >= 4 is 5.91 Å². The van der Waals surface area contributed by atoms with Crippen molar-refractivity contribution in [2.45, 2.75) is 38.7 Å². The van der Waals surface area contributed by atoms with Crippen LogP contribution in [0, 0.1) is 24.7 Å². The highest BCUT2D eigenvalue weighted by Gasteiger charge is 2.42. The highest BCUT2D eigenvalue weighted by atomic mass is 16.5. The number of ether oxygens (including phenoxy) is 1. The van der Waals surface area contributed by atoms with Crippen LogP contribution in [-0.4, -0.2) is 34.6 Å². The lowest BCUT2D eigenvalue weighted by Crippen LogP contribution is -2.45. The van der Waals surface area contributed by atoms with Crippen LogP contribution < -0.4 is 10.3 Å². The number of piperidine rings is 1. The molecule has 2 heterocycles. The molecule has 0 aromatic carbocycles. The number of carbonyl (C=O) groups excluding carboxylic acids is 1. The number of amides is 1. The molecular weight excluding hydrogens is 316 g/mol. The lowest BCUT2D eigenvalue weighted by atomic mass is 9.91.